The Labute approximate surface area is 199 Å². The van der Waals surface area contributed by atoms with Gasteiger partial charge in [-0.3, -0.25) is 5.32 Å². The first-order valence-corrected chi connectivity index (χ1v) is 12.0. The zero-order valence-electron chi connectivity index (χ0n) is 19.4. The largest absolute Gasteiger partial charge is 0.497 e. The summed E-state index contributed by atoms with van der Waals surface area (Å²) >= 11 is 1.43. The number of carbonyl (C=O) groups excluding carboxylic acids is 1. The van der Waals surface area contributed by atoms with Gasteiger partial charge < -0.3 is 20.3 Å². The maximum Gasteiger partial charge on any atom is 0.321 e. The quantitative estimate of drug-likeness (QED) is 0.487. The molecule has 0 bridgehead atoms. The van der Waals surface area contributed by atoms with Gasteiger partial charge >= 0.3 is 6.03 Å². The molecule has 4 rings (SSSR count). The first-order chi connectivity index (χ1) is 16.0. The van der Waals surface area contributed by atoms with Crippen molar-refractivity contribution >= 4 is 28.2 Å². The first-order valence-electron chi connectivity index (χ1n) is 11.2. The summed E-state index contributed by atoms with van der Waals surface area (Å²) in [5, 5.41) is 11.7. The Morgan fingerprint density at radius 1 is 1.12 bits per heavy atom. The molecule has 7 nitrogen and oxygen atoms in total. The Morgan fingerprint density at radius 2 is 1.82 bits per heavy atom. The number of ether oxygens (including phenoxy) is 1. The molecule has 1 aliphatic heterocycles. The first kappa shape index (κ1) is 23.1. The highest BCUT2D eigenvalue weighted by atomic mass is 32.1. The van der Waals surface area contributed by atoms with Gasteiger partial charge in [0.1, 0.15) is 5.75 Å². The van der Waals surface area contributed by atoms with E-state index >= 15 is 0 Å². The van der Waals surface area contributed by atoms with Crippen LogP contribution in [-0.4, -0.2) is 44.3 Å². The van der Waals surface area contributed by atoms with Crippen LogP contribution in [0.2, 0.25) is 0 Å². The average molecular weight is 466 g/mol. The number of nitrogens with zero attached hydrogens (tertiary/aromatic N) is 2. The van der Waals surface area contributed by atoms with Crippen molar-refractivity contribution in [2.75, 3.05) is 43.5 Å². The van der Waals surface area contributed by atoms with E-state index < -0.39 is 0 Å². The van der Waals surface area contributed by atoms with Crippen LogP contribution in [0.25, 0.3) is 0 Å². The van der Waals surface area contributed by atoms with Crippen molar-refractivity contribution in [3.05, 3.63) is 70.7 Å². The van der Waals surface area contributed by atoms with Gasteiger partial charge in [-0.05, 0) is 35.4 Å². The van der Waals surface area contributed by atoms with E-state index in [1.807, 2.05) is 29.6 Å². The number of nitrogens with one attached hydrogen (secondary N) is 3. The molecule has 8 heteroatoms. The highest BCUT2D eigenvalue weighted by molar-refractivity contribution is 7.13. The minimum atomic E-state index is -0.286. The van der Waals surface area contributed by atoms with Crippen LogP contribution >= 0.6 is 11.3 Å². The topological polar surface area (TPSA) is 78.5 Å². The lowest BCUT2D eigenvalue weighted by molar-refractivity contribution is 0.251. The fourth-order valence-electron chi connectivity index (χ4n) is 3.85. The zero-order valence-corrected chi connectivity index (χ0v) is 20.2. The second-order valence-electron chi connectivity index (χ2n) is 8.60. The van der Waals surface area contributed by atoms with E-state index in [0.29, 0.717) is 11.7 Å². The van der Waals surface area contributed by atoms with Crippen molar-refractivity contribution in [3.8, 4) is 5.75 Å². The van der Waals surface area contributed by atoms with Crippen molar-refractivity contribution in [3.63, 3.8) is 0 Å². The van der Waals surface area contributed by atoms with Crippen LogP contribution in [0.3, 0.4) is 0 Å². The predicted octanol–water partition coefficient (Wildman–Crippen LogP) is 4.21. The van der Waals surface area contributed by atoms with Crippen molar-refractivity contribution in [1.29, 1.82) is 0 Å². The molecule has 1 fully saturated rings. The van der Waals surface area contributed by atoms with Crippen molar-refractivity contribution in [2.24, 2.45) is 0 Å². The highest BCUT2D eigenvalue weighted by Crippen LogP contribution is 2.34. The number of carbonyl (C=O) groups is 1. The number of rotatable bonds is 7. The normalized spacial score (nSPS) is 14.1. The third-order valence-corrected chi connectivity index (χ3v) is 6.81. The Kier molecular flexibility index (Phi) is 7.15. The number of aromatic nitrogens is 1. The van der Waals surface area contributed by atoms with Crippen LogP contribution in [0.1, 0.15) is 30.7 Å². The molecule has 33 heavy (non-hydrogen) atoms. The summed E-state index contributed by atoms with van der Waals surface area (Å²) in [6.45, 7) is 8.77. The van der Waals surface area contributed by atoms with E-state index in [9.17, 15) is 4.79 Å². The third-order valence-electron chi connectivity index (χ3n) is 6.05. The number of thiazole rings is 1. The fraction of sp³-hybridized carbons (Fsp3) is 0.360. The van der Waals surface area contributed by atoms with Gasteiger partial charge in [-0.2, -0.15) is 0 Å². The van der Waals surface area contributed by atoms with E-state index in [0.717, 1.165) is 48.7 Å². The molecule has 0 atom stereocenters. The maximum atomic E-state index is 12.4. The van der Waals surface area contributed by atoms with Crippen molar-refractivity contribution in [1.82, 2.24) is 15.6 Å². The standard InChI is InChI=1S/C25H31N5O2S/c1-25(2,19-6-10-21(32-3)11-7-19)22-17-33-24(28-22)29-23(31)27-16-18-4-8-20(9-5-18)30-14-12-26-13-15-30/h4-11,17,26H,12-16H2,1-3H3,(H2,27,28,29,31). The van der Waals surface area contributed by atoms with Gasteiger partial charge in [-0.25, -0.2) is 9.78 Å². The third kappa shape index (κ3) is 5.64. The molecule has 1 saturated heterocycles. The molecule has 1 aromatic heterocycles. The second kappa shape index (κ2) is 10.2. The van der Waals surface area contributed by atoms with Crippen LogP contribution in [0.4, 0.5) is 15.6 Å². The average Bonchev–Trinajstić information content (AvgIpc) is 3.33. The molecule has 0 spiro atoms. The summed E-state index contributed by atoms with van der Waals surface area (Å²) in [7, 11) is 1.66. The molecule has 2 heterocycles. The smallest absolute Gasteiger partial charge is 0.321 e. The summed E-state index contributed by atoms with van der Waals surface area (Å²) < 4.78 is 5.25. The summed E-state index contributed by atoms with van der Waals surface area (Å²) in [4.78, 5) is 19.4. The number of methoxy groups -OCH3 is 1. The van der Waals surface area contributed by atoms with Gasteiger partial charge in [-0.1, -0.05) is 38.1 Å². The molecule has 0 unspecified atom stereocenters. The summed E-state index contributed by atoms with van der Waals surface area (Å²) in [6.07, 6.45) is 0. The number of piperazine rings is 1. The second-order valence-corrected chi connectivity index (χ2v) is 9.46. The van der Waals surface area contributed by atoms with Crippen molar-refractivity contribution < 1.29 is 9.53 Å². The molecule has 2 aromatic carbocycles. The van der Waals surface area contributed by atoms with E-state index in [1.54, 1.807) is 7.11 Å². The molecule has 0 saturated carbocycles. The molecule has 3 aromatic rings. The van der Waals surface area contributed by atoms with Gasteiger partial charge in [0.2, 0.25) is 0 Å². The molecular formula is C25H31N5O2S. The van der Waals surface area contributed by atoms with Crippen LogP contribution < -0.4 is 25.6 Å². The van der Waals surface area contributed by atoms with E-state index in [4.69, 9.17) is 4.74 Å². The van der Waals surface area contributed by atoms with E-state index in [-0.39, 0.29) is 11.4 Å². The Bertz CT molecular complexity index is 1060. The van der Waals surface area contributed by atoms with Gasteiger partial charge in [0.25, 0.3) is 0 Å². The van der Waals surface area contributed by atoms with Crippen LogP contribution in [0.15, 0.2) is 53.9 Å². The molecule has 2 amide bonds. The molecular weight excluding hydrogens is 434 g/mol. The van der Waals surface area contributed by atoms with Gasteiger partial charge in [-0.15, -0.1) is 11.3 Å². The SMILES string of the molecule is COc1ccc(C(C)(C)c2csc(NC(=O)NCc3ccc(N4CCNCC4)cc3)n2)cc1. The van der Waals surface area contributed by atoms with E-state index in [2.05, 4.69) is 63.9 Å². The number of hydrogen-bond acceptors (Lipinski definition) is 6. The highest BCUT2D eigenvalue weighted by Gasteiger charge is 2.26. The number of anilines is 2. The number of hydrogen-bond donors (Lipinski definition) is 3. The lowest BCUT2D eigenvalue weighted by Gasteiger charge is -2.29. The fourth-order valence-corrected chi connectivity index (χ4v) is 4.72. The molecule has 174 valence electrons. The molecule has 3 N–H and O–H groups in total. The Morgan fingerprint density at radius 3 is 2.48 bits per heavy atom. The number of amides is 2. The van der Waals surface area contributed by atoms with Gasteiger partial charge in [0.05, 0.1) is 12.8 Å². The van der Waals surface area contributed by atoms with Crippen LogP contribution in [0, 0.1) is 0 Å². The van der Waals surface area contributed by atoms with E-state index in [1.165, 1.54) is 17.0 Å². The minimum absolute atomic E-state index is 0.260. The number of benzene rings is 2. The monoisotopic (exact) mass is 465 g/mol. The maximum absolute atomic E-state index is 12.4. The Balaban J connectivity index is 1.31. The lowest BCUT2D eigenvalue weighted by Crippen LogP contribution is -2.43. The van der Waals surface area contributed by atoms with Crippen LogP contribution in [0.5, 0.6) is 5.75 Å². The molecule has 0 radical (unpaired) electrons. The lowest BCUT2D eigenvalue weighted by atomic mass is 9.82. The van der Waals surface area contributed by atoms with Crippen molar-refractivity contribution in [2.45, 2.75) is 25.8 Å². The number of urea groups is 1. The molecule has 1 aliphatic rings. The van der Waals surface area contributed by atoms with Gasteiger partial charge in [0, 0.05) is 49.2 Å². The zero-order chi connectivity index (χ0) is 23.3. The summed E-state index contributed by atoms with van der Waals surface area (Å²) in [5.74, 6) is 0.824. The summed E-state index contributed by atoms with van der Waals surface area (Å²) in [6, 6.07) is 16.1. The Hall–Kier alpha value is -3.10. The summed E-state index contributed by atoms with van der Waals surface area (Å²) in [5.41, 5.74) is 4.04. The van der Waals surface area contributed by atoms with Crippen LogP contribution in [-0.2, 0) is 12.0 Å². The predicted molar refractivity (Wildman–Crippen MR) is 135 cm³/mol. The minimum Gasteiger partial charge on any atom is -0.497 e. The van der Waals surface area contributed by atoms with Gasteiger partial charge in [0.15, 0.2) is 5.13 Å². The molecule has 0 aliphatic carbocycles.